The summed E-state index contributed by atoms with van der Waals surface area (Å²) in [4.78, 5) is 24.1. The van der Waals surface area contributed by atoms with Gasteiger partial charge in [0, 0.05) is 5.69 Å². The van der Waals surface area contributed by atoms with Crippen molar-refractivity contribution >= 4 is 29.2 Å². The van der Waals surface area contributed by atoms with Gasteiger partial charge in [0.15, 0.2) is 6.10 Å². The minimum atomic E-state index is -0.900. The van der Waals surface area contributed by atoms with E-state index < -0.39 is 12.0 Å². The first-order valence-electron chi connectivity index (χ1n) is 7.37. The molecule has 23 heavy (non-hydrogen) atoms. The van der Waals surface area contributed by atoms with E-state index in [9.17, 15) is 9.59 Å². The number of carbonyl (C=O) groups is 2. The zero-order valence-corrected chi connectivity index (χ0v) is 13.5. The lowest BCUT2D eigenvalue weighted by molar-refractivity contribution is -0.157. The monoisotopic (exact) mass is 332 g/mol. The number of halogens is 1. The van der Waals surface area contributed by atoms with Crippen LogP contribution in [0.3, 0.4) is 0 Å². The maximum absolute atomic E-state index is 12.1. The first-order valence-corrected chi connectivity index (χ1v) is 7.75. The van der Waals surface area contributed by atoms with Gasteiger partial charge in [-0.1, -0.05) is 23.8 Å². The molecule has 1 aromatic carbocycles. The molecule has 0 aromatic heterocycles. The number of amides is 1. The second kappa shape index (κ2) is 7.80. The van der Waals surface area contributed by atoms with Crippen molar-refractivity contribution in [2.45, 2.75) is 32.3 Å². The molecule has 1 N–H and O–H groups in total. The molecule has 1 aromatic rings. The van der Waals surface area contributed by atoms with Crippen LogP contribution in [0.1, 0.15) is 31.7 Å². The van der Waals surface area contributed by atoms with Crippen molar-refractivity contribution in [3.63, 3.8) is 0 Å². The van der Waals surface area contributed by atoms with E-state index in [-0.39, 0.29) is 16.9 Å². The van der Waals surface area contributed by atoms with Crippen LogP contribution in [0.2, 0.25) is 5.02 Å². The topological polar surface area (TPSA) is 79.2 Å². The molecular formula is C17H17ClN2O3. The maximum atomic E-state index is 12.1. The quantitative estimate of drug-likeness (QED) is 0.676. The maximum Gasteiger partial charge on any atom is 0.310 e. The minimum Gasteiger partial charge on any atom is -0.452 e. The summed E-state index contributed by atoms with van der Waals surface area (Å²) in [7, 11) is 0. The van der Waals surface area contributed by atoms with Crippen LogP contribution >= 0.6 is 11.6 Å². The second-order valence-corrected chi connectivity index (χ2v) is 5.76. The van der Waals surface area contributed by atoms with Crippen LogP contribution < -0.4 is 5.32 Å². The predicted molar refractivity (Wildman–Crippen MR) is 86.8 cm³/mol. The van der Waals surface area contributed by atoms with E-state index in [1.54, 1.807) is 6.07 Å². The summed E-state index contributed by atoms with van der Waals surface area (Å²) in [5, 5.41) is 11.7. The molecule has 0 saturated carbocycles. The smallest absolute Gasteiger partial charge is 0.310 e. The molecule has 2 rings (SSSR count). The second-order valence-electron chi connectivity index (χ2n) is 5.36. The molecule has 0 fully saturated rings. The highest BCUT2D eigenvalue weighted by atomic mass is 35.5. The third-order valence-electron chi connectivity index (χ3n) is 3.62. The van der Waals surface area contributed by atoms with E-state index in [2.05, 4.69) is 5.32 Å². The molecule has 1 aliphatic rings. The van der Waals surface area contributed by atoms with Crippen molar-refractivity contribution < 1.29 is 14.3 Å². The fourth-order valence-corrected chi connectivity index (χ4v) is 2.48. The summed E-state index contributed by atoms with van der Waals surface area (Å²) in [6.45, 7) is 1.52. The summed E-state index contributed by atoms with van der Waals surface area (Å²) >= 11 is 5.91. The van der Waals surface area contributed by atoms with Crippen LogP contribution in [0.5, 0.6) is 0 Å². The Hall–Kier alpha value is -2.32. The van der Waals surface area contributed by atoms with Gasteiger partial charge in [-0.25, -0.2) is 0 Å². The molecule has 120 valence electrons. The molecule has 0 radical (unpaired) electrons. The zero-order valence-electron chi connectivity index (χ0n) is 12.7. The Kier molecular flexibility index (Phi) is 5.78. The number of carbonyl (C=O) groups excluding carboxylic acids is 2. The van der Waals surface area contributed by atoms with E-state index in [1.807, 2.05) is 18.2 Å². The van der Waals surface area contributed by atoms with Gasteiger partial charge in [-0.2, -0.15) is 5.26 Å². The average Bonchev–Trinajstić information content (AvgIpc) is 2.55. The number of nitrogens with one attached hydrogen (secondary N) is 1. The Balaban J connectivity index is 1.92. The molecule has 0 saturated heterocycles. The highest BCUT2D eigenvalue weighted by Gasteiger charge is 2.25. The number of hydrogen-bond donors (Lipinski definition) is 1. The van der Waals surface area contributed by atoms with Crippen molar-refractivity contribution in [1.82, 2.24) is 0 Å². The summed E-state index contributed by atoms with van der Waals surface area (Å²) in [6.07, 6.45) is 5.34. The van der Waals surface area contributed by atoms with Gasteiger partial charge in [0.25, 0.3) is 5.91 Å². The lowest BCUT2D eigenvalue weighted by Crippen LogP contribution is -2.32. The molecule has 0 bridgehead atoms. The van der Waals surface area contributed by atoms with Crippen LogP contribution in [-0.2, 0) is 14.3 Å². The van der Waals surface area contributed by atoms with Crippen molar-refractivity contribution in [3.05, 3.63) is 40.9 Å². The molecule has 1 amide bonds. The van der Waals surface area contributed by atoms with Crippen molar-refractivity contribution in [2.75, 3.05) is 5.32 Å². The van der Waals surface area contributed by atoms with Crippen molar-refractivity contribution in [2.24, 2.45) is 5.92 Å². The highest BCUT2D eigenvalue weighted by molar-refractivity contribution is 6.32. The van der Waals surface area contributed by atoms with E-state index >= 15 is 0 Å². The number of ether oxygens (including phenoxy) is 1. The third kappa shape index (κ3) is 4.57. The molecule has 6 heteroatoms. The first-order chi connectivity index (χ1) is 11.0. The molecule has 0 unspecified atom stereocenters. The number of hydrogen-bond acceptors (Lipinski definition) is 4. The number of nitriles is 1. The standard InChI is InChI=1S/C17H17ClN2O3/c1-11(23-17(22)12-5-3-2-4-6-12)16(21)20-14-8-7-13(10-19)15(18)9-14/h2-3,7-9,11-12H,4-6H2,1H3,(H,20,21)/t11-,12-/m1/s1. The Morgan fingerprint density at radius 3 is 2.83 bits per heavy atom. The normalized spacial score (nSPS) is 17.9. The Labute approximate surface area is 139 Å². The first kappa shape index (κ1) is 17.0. The number of nitrogens with zero attached hydrogens (tertiary/aromatic N) is 1. The van der Waals surface area contributed by atoms with Gasteiger partial charge in [0.1, 0.15) is 6.07 Å². The summed E-state index contributed by atoms with van der Waals surface area (Å²) < 4.78 is 5.23. The third-order valence-corrected chi connectivity index (χ3v) is 3.93. The van der Waals surface area contributed by atoms with Gasteiger partial charge in [-0.3, -0.25) is 9.59 Å². The lowest BCUT2D eigenvalue weighted by atomic mass is 9.95. The summed E-state index contributed by atoms with van der Waals surface area (Å²) in [5.74, 6) is -0.972. The van der Waals surface area contributed by atoms with Crippen LogP contribution in [0.25, 0.3) is 0 Å². The molecule has 1 aliphatic carbocycles. The SMILES string of the molecule is C[C@@H](OC(=O)[C@@H]1CC=CCC1)C(=O)Nc1ccc(C#N)c(Cl)c1. The van der Waals surface area contributed by atoms with Crippen LogP contribution in [0, 0.1) is 17.2 Å². The van der Waals surface area contributed by atoms with Crippen LogP contribution in [0.15, 0.2) is 30.4 Å². The van der Waals surface area contributed by atoms with Gasteiger partial charge in [0.05, 0.1) is 16.5 Å². The van der Waals surface area contributed by atoms with E-state index in [0.29, 0.717) is 17.7 Å². The average molecular weight is 333 g/mol. The number of rotatable bonds is 4. The van der Waals surface area contributed by atoms with Gasteiger partial charge in [-0.15, -0.1) is 0 Å². The number of esters is 1. The van der Waals surface area contributed by atoms with Crippen molar-refractivity contribution in [3.8, 4) is 6.07 Å². The van der Waals surface area contributed by atoms with E-state index in [0.717, 1.165) is 12.8 Å². The molecule has 0 aliphatic heterocycles. The van der Waals surface area contributed by atoms with Gasteiger partial charge in [-0.05, 0) is 44.4 Å². The molecule has 2 atom stereocenters. The molecular weight excluding hydrogens is 316 g/mol. The highest BCUT2D eigenvalue weighted by Crippen LogP contribution is 2.22. The summed E-state index contributed by atoms with van der Waals surface area (Å²) in [6, 6.07) is 6.52. The Morgan fingerprint density at radius 2 is 2.22 bits per heavy atom. The minimum absolute atomic E-state index is 0.181. The zero-order chi connectivity index (χ0) is 16.8. The fourth-order valence-electron chi connectivity index (χ4n) is 2.26. The number of benzene rings is 1. The van der Waals surface area contributed by atoms with Gasteiger partial charge in [0.2, 0.25) is 0 Å². The Bertz CT molecular complexity index is 679. The fraction of sp³-hybridized carbons (Fsp3) is 0.353. The van der Waals surface area contributed by atoms with Gasteiger partial charge >= 0.3 is 5.97 Å². The molecule has 0 heterocycles. The van der Waals surface area contributed by atoms with Gasteiger partial charge < -0.3 is 10.1 Å². The lowest BCUT2D eigenvalue weighted by Gasteiger charge is -2.19. The molecule has 0 spiro atoms. The van der Waals surface area contributed by atoms with E-state index in [1.165, 1.54) is 19.1 Å². The summed E-state index contributed by atoms with van der Waals surface area (Å²) in [5.41, 5.74) is 0.775. The van der Waals surface area contributed by atoms with Crippen molar-refractivity contribution in [1.29, 1.82) is 5.26 Å². The Morgan fingerprint density at radius 1 is 1.43 bits per heavy atom. The predicted octanol–water partition coefficient (Wildman–Crippen LogP) is 3.44. The number of anilines is 1. The van der Waals surface area contributed by atoms with Crippen LogP contribution in [0.4, 0.5) is 5.69 Å². The number of allylic oxidation sites excluding steroid dienone is 2. The molecule has 5 nitrogen and oxygen atoms in total. The van der Waals surface area contributed by atoms with E-state index in [4.69, 9.17) is 21.6 Å². The largest absolute Gasteiger partial charge is 0.452 e. The van der Waals surface area contributed by atoms with Crippen LogP contribution in [-0.4, -0.2) is 18.0 Å².